The maximum atomic E-state index is 13.6. The van der Waals surface area contributed by atoms with Crippen LogP contribution >= 0.6 is 0 Å². The van der Waals surface area contributed by atoms with Gasteiger partial charge in [-0.05, 0) is 37.5 Å². The molecule has 1 aromatic rings. The molecule has 94 valence electrons. The van der Waals surface area contributed by atoms with E-state index < -0.39 is 18.2 Å². The highest BCUT2D eigenvalue weighted by atomic mass is 19.1. The number of hydrogen-bond donors (Lipinski definition) is 1. The number of aliphatic hydroxyl groups excluding tert-OH is 1. The van der Waals surface area contributed by atoms with Gasteiger partial charge in [-0.15, -0.1) is 0 Å². The molecule has 2 atom stereocenters. The lowest BCUT2D eigenvalue weighted by atomic mass is 10.0. The molecule has 0 saturated carbocycles. The van der Waals surface area contributed by atoms with Gasteiger partial charge in [-0.25, -0.2) is 9.18 Å². The van der Waals surface area contributed by atoms with Crippen molar-refractivity contribution in [2.75, 3.05) is 6.61 Å². The molecule has 0 radical (unpaired) electrons. The topological polar surface area (TPSA) is 46.5 Å². The number of aliphatic hydroxyl groups is 1. The molecular formula is C13H17FO3. The van der Waals surface area contributed by atoms with E-state index in [-0.39, 0.29) is 6.61 Å². The number of carbonyl (C=O) groups is 1. The minimum atomic E-state index is -2.04. The van der Waals surface area contributed by atoms with E-state index in [2.05, 4.69) is 4.74 Å². The summed E-state index contributed by atoms with van der Waals surface area (Å²) in [4.78, 5) is 11.2. The van der Waals surface area contributed by atoms with Crippen LogP contribution in [0.3, 0.4) is 0 Å². The summed E-state index contributed by atoms with van der Waals surface area (Å²) in [6.07, 6.45) is -3.52. The lowest BCUT2D eigenvalue weighted by molar-refractivity contribution is -0.153. The maximum absolute atomic E-state index is 13.6. The number of alkyl halides is 1. The van der Waals surface area contributed by atoms with Gasteiger partial charge < -0.3 is 9.84 Å². The molecule has 0 spiro atoms. The average molecular weight is 240 g/mol. The number of hydrogen-bond acceptors (Lipinski definition) is 3. The van der Waals surface area contributed by atoms with Crippen LogP contribution in [-0.4, -0.2) is 23.9 Å². The third-order valence-electron chi connectivity index (χ3n) is 2.66. The van der Waals surface area contributed by atoms with Crippen molar-refractivity contribution in [3.8, 4) is 0 Å². The number of ether oxygens (including phenoxy) is 1. The number of esters is 1. The number of aryl methyl sites for hydroxylation is 2. The van der Waals surface area contributed by atoms with Gasteiger partial charge in [-0.1, -0.05) is 18.2 Å². The Bertz CT molecular complexity index is 404. The second-order valence-electron chi connectivity index (χ2n) is 3.94. The molecule has 0 aliphatic carbocycles. The maximum Gasteiger partial charge on any atom is 0.343 e. The van der Waals surface area contributed by atoms with Crippen LogP contribution < -0.4 is 0 Å². The second-order valence-corrected chi connectivity index (χ2v) is 3.94. The van der Waals surface area contributed by atoms with Crippen molar-refractivity contribution in [3.63, 3.8) is 0 Å². The Labute approximate surface area is 100 Å². The fourth-order valence-electron chi connectivity index (χ4n) is 1.47. The van der Waals surface area contributed by atoms with Gasteiger partial charge in [0.05, 0.1) is 6.61 Å². The zero-order valence-corrected chi connectivity index (χ0v) is 10.2. The van der Waals surface area contributed by atoms with Crippen molar-refractivity contribution in [1.29, 1.82) is 0 Å². The van der Waals surface area contributed by atoms with Gasteiger partial charge in [0.2, 0.25) is 6.17 Å². The number of benzene rings is 1. The van der Waals surface area contributed by atoms with Crippen LogP contribution in [0, 0.1) is 13.8 Å². The molecule has 0 amide bonds. The van der Waals surface area contributed by atoms with Crippen LogP contribution in [-0.2, 0) is 9.53 Å². The third-order valence-corrected chi connectivity index (χ3v) is 2.66. The fourth-order valence-corrected chi connectivity index (χ4v) is 1.47. The standard InChI is InChI=1S/C13H17FO3/c1-4-17-13(16)11(14)12(15)10-6-5-8(2)9(3)7-10/h5-7,11-12,15H,4H2,1-3H3. The molecule has 1 aromatic carbocycles. The van der Waals surface area contributed by atoms with Gasteiger partial charge >= 0.3 is 5.97 Å². The van der Waals surface area contributed by atoms with Crippen molar-refractivity contribution in [1.82, 2.24) is 0 Å². The Balaban J connectivity index is 2.84. The third kappa shape index (κ3) is 3.27. The first-order valence-corrected chi connectivity index (χ1v) is 5.53. The predicted molar refractivity (Wildman–Crippen MR) is 62.4 cm³/mol. The predicted octanol–water partition coefficient (Wildman–Crippen LogP) is 2.24. The molecule has 0 fully saturated rings. The van der Waals surface area contributed by atoms with E-state index in [0.29, 0.717) is 5.56 Å². The fraction of sp³-hybridized carbons (Fsp3) is 0.462. The number of rotatable bonds is 4. The van der Waals surface area contributed by atoms with Gasteiger partial charge in [-0.3, -0.25) is 0 Å². The first kappa shape index (κ1) is 13.6. The van der Waals surface area contributed by atoms with E-state index in [1.807, 2.05) is 13.8 Å². The van der Waals surface area contributed by atoms with Crippen LogP contribution in [0.15, 0.2) is 18.2 Å². The minimum Gasteiger partial charge on any atom is -0.464 e. The van der Waals surface area contributed by atoms with Crippen LogP contribution in [0.1, 0.15) is 29.7 Å². The molecule has 2 unspecified atom stereocenters. The number of carbonyl (C=O) groups excluding carboxylic acids is 1. The molecule has 1 rings (SSSR count). The van der Waals surface area contributed by atoms with Crippen molar-refractivity contribution < 1.29 is 19.0 Å². The molecule has 0 aromatic heterocycles. The zero-order chi connectivity index (χ0) is 13.0. The SMILES string of the molecule is CCOC(=O)C(F)C(O)c1ccc(C)c(C)c1. The minimum absolute atomic E-state index is 0.0961. The quantitative estimate of drug-likeness (QED) is 0.821. The molecule has 3 nitrogen and oxygen atoms in total. The summed E-state index contributed by atoms with van der Waals surface area (Å²) in [6, 6.07) is 5.07. The molecule has 0 saturated heterocycles. The zero-order valence-electron chi connectivity index (χ0n) is 10.2. The number of halogens is 1. The van der Waals surface area contributed by atoms with E-state index >= 15 is 0 Å². The Morgan fingerprint density at radius 2 is 2.06 bits per heavy atom. The summed E-state index contributed by atoms with van der Waals surface area (Å²) in [7, 11) is 0. The van der Waals surface area contributed by atoms with E-state index in [9.17, 15) is 14.3 Å². The Hall–Kier alpha value is -1.42. The van der Waals surface area contributed by atoms with E-state index in [1.165, 1.54) is 0 Å². The van der Waals surface area contributed by atoms with E-state index in [4.69, 9.17) is 0 Å². The van der Waals surface area contributed by atoms with Gasteiger partial charge in [0.15, 0.2) is 0 Å². The smallest absolute Gasteiger partial charge is 0.343 e. The first-order valence-electron chi connectivity index (χ1n) is 5.53. The van der Waals surface area contributed by atoms with Crippen LogP contribution in [0.2, 0.25) is 0 Å². The molecule has 4 heteroatoms. The van der Waals surface area contributed by atoms with E-state index in [0.717, 1.165) is 11.1 Å². The van der Waals surface area contributed by atoms with Gasteiger partial charge in [0.25, 0.3) is 0 Å². The van der Waals surface area contributed by atoms with Crippen molar-refractivity contribution in [3.05, 3.63) is 34.9 Å². The summed E-state index contributed by atoms with van der Waals surface area (Å²) in [5, 5.41) is 9.73. The van der Waals surface area contributed by atoms with Crippen molar-refractivity contribution in [2.45, 2.75) is 33.0 Å². The highest BCUT2D eigenvalue weighted by molar-refractivity contribution is 5.75. The molecule has 0 bridgehead atoms. The Morgan fingerprint density at radius 3 is 2.59 bits per heavy atom. The largest absolute Gasteiger partial charge is 0.464 e. The molecule has 0 aliphatic heterocycles. The van der Waals surface area contributed by atoms with Crippen LogP contribution in [0.25, 0.3) is 0 Å². The molecule has 0 heterocycles. The highest BCUT2D eigenvalue weighted by Gasteiger charge is 2.29. The van der Waals surface area contributed by atoms with Crippen LogP contribution in [0.5, 0.6) is 0 Å². The summed E-state index contributed by atoms with van der Waals surface area (Å²) in [6.45, 7) is 5.47. The average Bonchev–Trinajstić information content (AvgIpc) is 2.31. The molecule has 0 aliphatic rings. The monoisotopic (exact) mass is 240 g/mol. The summed E-state index contributed by atoms with van der Waals surface area (Å²) in [5.41, 5.74) is 2.37. The van der Waals surface area contributed by atoms with Gasteiger partial charge in [0.1, 0.15) is 6.10 Å². The first-order chi connectivity index (χ1) is 7.97. The normalized spacial score (nSPS) is 14.2. The summed E-state index contributed by atoms with van der Waals surface area (Å²) in [5.74, 6) is -1.03. The summed E-state index contributed by atoms with van der Waals surface area (Å²) >= 11 is 0. The van der Waals surface area contributed by atoms with Gasteiger partial charge in [0, 0.05) is 0 Å². The van der Waals surface area contributed by atoms with Crippen LogP contribution in [0.4, 0.5) is 4.39 Å². The van der Waals surface area contributed by atoms with Crippen molar-refractivity contribution in [2.24, 2.45) is 0 Å². The molecule has 17 heavy (non-hydrogen) atoms. The molecule has 1 N–H and O–H groups in total. The Kier molecular flexibility index (Phi) is 4.63. The lowest BCUT2D eigenvalue weighted by Gasteiger charge is -2.15. The second kappa shape index (κ2) is 5.77. The summed E-state index contributed by atoms with van der Waals surface area (Å²) < 4.78 is 18.1. The highest BCUT2D eigenvalue weighted by Crippen LogP contribution is 2.22. The van der Waals surface area contributed by atoms with Crippen molar-refractivity contribution >= 4 is 5.97 Å². The lowest BCUT2D eigenvalue weighted by Crippen LogP contribution is -2.26. The van der Waals surface area contributed by atoms with E-state index in [1.54, 1.807) is 25.1 Å². The van der Waals surface area contributed by atoms with Gasteiger partial charge in [-0.2, -0.15) is 0 Å². The Morgan fingerprint density at radius 1 is 1.41 bits per heavy atom. The molecular weight excluding hydrogens is 223 g/mol.